The van der Waals surface area contributed by atoms with Gasteiger partial charge in [0.25, 0.3) is 0 Å². The summed E-state index contributed by atoms with van der Waals surface area (Å²) in [6.07, 6.45) is 1.06. The smallest absolute Gasteiger partial charge is 0.600 e. The minimum Gasteiger partial charge on any atom is -1.00 e. The van der Waals surface area contributed by atoms with E-state index in [0.29, 0.717) is 23.1 Å². The standard InChI is InChI=1S/C12H11F4S.ClH/c1-2-3-10-6-8-4-5-9(13)7-11(8)17(10)12(14,15)16;/h4-7H,2-3H2,1H3;1H/q+1;/p-1. The van der Waals surface area contributed by atoms with Crippen molar-refractivity contribution < 1.29 is 30.0 Å². The number of hydrogen-bond donors (Lipinski definition) is 0. The molecule has 2 rings (SSSR count). The van der Waals surface area contributed by atoms with Gasteiger partial charge in [0, 0.05) is 23.9 Å². The summed E-state index contributed by atoms with van der Waals surface area (Å²) in [5.74, 6) is -0.614. The molecule has 0 bridgehead atoms. The molecule has 0 fully saturated rings. The van der Waals surface area contributed by atoms with Crippen LogP contribution in [0.25, 0.3) is 10.1 Å². The molecule has 1 heterocycles. The first-order chi connectivity index (χ1) is 7.93. The lowest BCUT2D eigenvalue weighted by Gasteiger charge is -1.99. The summed E-state index contributed by atoms with van der Waals surface area (Å²) in [4.78, 5) is 0.362. The van der Waals surface area contributed by atoms with Crippen molar-refractivity contribution >= 4 is 20.6 Å². The zero-order valence-corrected chi connectivity index (χ0v) is 11.1. The van der Waals surface area contributed by atoms with Crippen molar-refractivity contribution in [2.75, 3.05) is 0 Å². The predicted octanol–water partition coefficient (Wildman–Crippen LogP) is 2.16. The fraction of sp³-hybridized carbons (Fsp3) is 0.333. The molecule has 0 spiro atoms. The van der Waals surface area contributed by atoms with Crippen LogP contribution < -0.4 is 12.4 Å². The van der Waals surface area contributed by atoms with Crippen LogP contribution in [0.1, 0.15) is 18.2 Å². The number of alkyl halides is 3. The second-order valence-electron chi connectivity index (χ2n) is 3.79. The summed E-state index contributed by atoms with van der Waals surface area (Å²) < 4.78 is 52.1. The normalized spacial score (nSPS) is 12.6. The van der Waals surface area contributed by atoms with Gasteiger partial charge in [-0.1, -0.05) is 6.92 Å². The number of rotatable bonds is 2. The Kier molecular flexibility index (Phi) is 4.61. The van der Waals surface area contributed by atoms with Crippen LogP contribution in [0.2, 0.25) is 0 Å². The van der Waals surface area contributed by atoms with Gasteiger partial charge in [-0.15, -0.1) is 13.2 Å². The Morgan fingerprint density at radius 2 is 1.83 bits per heavy atom. The lowest BCUT2D eigenvalue weighted by Crippen LogP contribution is -3.00. The maximum atomic E-state index is 13.1. The van der Waals surface area contributed by atoms with Gasteiger partial charge in [-0.05, 0) is 18.6 Å². The molecular weight excluding hydrogens is 288 g/mol. The van der Waals surface area contributed by atoms with Crippen molar-refractivity contribution in [2.45, 2.75) is 25.3 Å². The number of hydrogen-bond acceptors (Lipinski definition) is 0. The van der Waals surface area contributed by atoms with E-state index < -0.39 is 21.8 Å². The van der Waals surface area contributed by atoms with Crippen molar-refractivity contribution in [1.82, 2.24) is 0 Å². The summed E-state index contributed by atoms with van der Waals surface area (Å²) in [7, 11) is -1.95. The van der Waals surface area contributed by atoms with Gasteiger partial charge < -0.3 is 12.4 Å². The van der Waals surface area contributed by atoms with Crippen LogP contribution in [0, 0.1) is 5.82 Å². The Morgan fingerprint density at radius 1 is 1.17 bits per heavy atom. The van der Waals surface area contributed by atoms with E-state index in [4.69, 9.17) is 0 Å². The molecule has 1 unspecified atom stereocenters. The molecule has 2 aromatic rings. The van der Waals surface area contributed by atoms with Crippen LogP contribution in [0.15, 0.2) is 24.3 Å². The van der Waals surface area contributed by atoms with E-state index in [0.717, 1.165) is 6.07 Å². The first kappa shape index (κ1) is 15.2. The molecule has 0 N–H and O–H groups in total. The van der Waals surface area contributed by atoms with Crippen LogP contribution >= 0.6 is 10.5 Å². The Balaban J connectivity index is 0.00000162. The average Bonchev–Trinajstić information content (AvgIpc) is 2.54. The van der Waals surface area contributed by atoms with Crippen molar-refractivity contribution in [3.05, 3.63) is 35.0 Å². The van der Waals surface area contributed by atoms with Gasteiger partial charge >= 0.3 is 5.51 Å². The molecule has 0 saturated heterocycles. The number of halogens is 5. The van der Waals surface area contributed by atoms with Gasteiger partial charge in [-0.3, -0.25) is 0 Å². The molecule has 1 atom stereocenters. The molecule has 0 aliphatic carbocycles. The molecule has 100 valence electrons. The SMILES string of the molecule is CCCc1cc2ccc(F)cc2[s+]1C(F)(F)F.[Cl-]. The molecule has 0 saturated carbocycles. The van der Waals surface area contributed by atoms with Crippen LogP contribution in [0.3, 0.4) is 0 Å². The number of aryl methyl sites for hydroxylation is 1. The van der Waals surface area contributed by atoms with E-state index in [2.05, 4.69) is 0 Å². The highest BCUT2D eigenvalue weighted by molar-refractivity contribution is 7.38. The van der Waals surface area contributed by atoms with Crippen LogP contribution in [0.5, 0.6) is 0 Å². The number of benzene rings is 1. The van der Waals surface area contributed by atoms with Gasteiger partial charge in [0.05, 0.1) is 10.5 Å². The molecule has 0 aliphatic rings. The molecule has 0 amide bonds. The number of thiophene rings is 1. The molecule has 1 aromatic heterocycles. The zero-order valence-electron chi connectivity index (χ0n) is 9.52. The van der Waals surface area contributed by atoms with Crippen molar-refractivity contribution in [3.8, 4) is 0 Å². The minimum atomic E-state index is -4.32. The molecule has 0 nitrogen and oxygen atoms in total. The fourth-order valence-electron chi connectivity index (χ4n) is 1.87. The molecule has 0 radical (unpaired) electrons. The third kappa shape index (κ3) is 2.78. The van der Waals surface area contributed by atoms with Crippen molar-refractivity contribution in [1.29, 1.82) is 0 Å². The third-order valence-corrected chi connectivity index (χ3v) is 4.60. The molecule has 6 heteroatoms. The van der Waals surface area contributed by atoms with Crippen molar-refractivity contribution in [3.63, 3.8) is 0 Å². The summed E-state index contributed by atoms with van der Waals surface area (Å²) in [5, 5.41) is 0.496. The maximum Gasteiger partial charge on any atom is 0.600 e. The Morgan fingerprint density at radius 3 is 2.39 bits per heavy atom. The highest BCUT2D eigenvalue weighted by Gasteiger charge is 2.47. The minimum absolute atomic E-state index is 0. The van der Waals surface area contributed by atoms with Gasteiger partial charge in [-0.2, -0.15) is 0 Å². The van der Waals surface area contributed by atoms with Crippen molar-refractivity contribution in [2.24, 2.45) is 0 Å². The second-order valence-corrected chi connectivity index (χ2v) is 5.83. The van der Waals surface area contributed by atoms with Gasteiger partial charge in [0.2, 0.25) is 0 Å². The van der Waals surface area contributed by atoms with E-state index in [1.165, 1.54) is 12.1 Å². The van der Waals surface area contributed by atoms with E-state index in [1.807, 2.05) is 6.92 Å². The Bertz CT molecular complexity index is 545. The fourth-order valence-corrected chi connectivity index (χ4v) is 3.95. The van der Waals surface area contributed by atoms with Gasteiger partial charge in [0.15, 0.2) is 9.58 Å². The summed E-state index contributed by atoms with van der Waals surface area (Å²) in [6, 6.07) is 5.17. The quantitative estimate of drug-likeness (QED) is 0.589. The predicted molar refractivity (Wildman–Crippen MR) is 61.7 cm³/mol. The largest absolute Gasteiger partial charge is 1.00 e. The molecule has 1 aromatic carbocycles. The van der Waals surface area contributed by atoms with Gasteiger partial charge in [0.1, 0.15) is 5.82 Å². The lowest BCUT2D eigenvalue weighted by molar-refractivity contribution is -0.0867. The molecule has 0 aliphatic heterocycles. The first-order valence-corrected chi connectivity index (χ1v) is 6.47. The maximum absolute atomic E-state index is 13.1. The summed E-state index contributed by atoms with van der Waals surface area (Å²) in [6.45, 7) is 1.84. The topological polar surface area (TPSA) is 0 Å². The molecule has 18 heavy (non-hydrogen) atoms. The van der Waals surface area contributed by atoms with E-state index in [1.54, 1.807) is 6.07 Å². The van der Waals surface area contributed by atoms with Crippen LogP contribution in [0.4, 0.5) is 17.6 Å². The highest BCUT2D eigenvalue weighted by Crippen LogP contribution is 2.51. The summed E-state index contributed by atoms with van der Waals surface area (Å²) in [5.41, 5.74) is -4.32. The lowest BCUT2D eigenvalue weighted by atomic mass is 10.2. The Labute approximate surface area is 111 Å². The zero-order chi connectivity index (χ0) is 12.6. The van der Waals surface area contributed by atoms with Crippen LogP contribution in [-0.2, 0) is 11.9 Å². The van der Waals surface area contributed by atoms with Crippen LogP contribution in [-0.4, -0.2) is 0 Å². The van der Waals surface area contributed by atoms with Gasteiger partial charge in [-0.25, -0.2) is 4.39 Å². The molecular formula is C12H11ClF4S. The average molecular weight is 299 g/mol. The first-order valence-electron chi connectivity index (χ1n) is 5.24. The van der Waals surface area contributed by atoms with E-state index in [-0.39, 0.29) is 17.1 Å². The van der Waals surface area contributed by atoms with E-state index in [9.17, 15) is 17.6 Å². The van der Waals surface area contributed by atoms with E-state index >= 15 is 0 Å². The second kappa shape index (κ2) is 5.45. The monoisotopic (exact) mass is 298 g/mol. The third-order valence-electron chi connectivity index (χ3n) is 2.50. The Hall–Kier alpha value is -0.810. The number of fused-ring (bicyclic) bond motifs is 1. The summed E-state index contributed by atoms with van der Waals surface area (Å²) >= 11 is 0. The highest BCUT2D eigenvalue weighted by atomic mass is 35.5.